The van der Waals surface area contributed by atoms with Crippen LogP contribution < -0.4 is 5.32 Å². The van der Waals surface area contributed by atoms with Gasteiger partial charge >= 0.3 is 0 Å². The second-order valence-electron chi connectivity index (χ2n) is 7.59. The Kier molecular flexibility index (Phi) is 5.05. The van der Waals surface area contributed by atoms with Crippen molar-refractivity contribution in [2.75, 3.05) is 0 Å². The van der Waals surface area contributed by atoms with E-state index in [9.17, 15) is 9.90 Å². The molecular weight excluding hydrogens is 352 g/mol. The molecular formula is C22H24N4O2. The zero-order valence-corrected chi connectivity index (χ0v) is 16.1. The number of hydrogen-bond acceptors (Lipinski definition) is 5. The van der Waals surface area contributed by atoms with Crippen molar-refractivity contribution in [3.8, 4) is 0 Å². The molecule has 3 aromatic rings. The quantitative estimate of drug-likeness (QED) is 0.715. The molecule has 1 atom stereocenters. The Labute approximate surface area is 164 Å². The van der Waals surface area contributed by atoms with Crippen LogP contribution in [-0.4, -0.2) is 38.1 Å². The summed E-state index contributed by atoms with van der Waals surface area (Å²) in [5.41, 5.74) is 4.76. The molecule has 6 heteroatoms. The van der Waals surface area contributed by atoms with Gasteiger partial charge in [0, 0.05) is 29.9 Å². The second-order valence-corrected chi connectivity index (χ2v) is 7.59. The van der Waals surface area contributed by atoms with Gasteiger partial charge in [-0.1, -0.05) is 6.07 Å². The molecule has 2 aromatic heterocycles. The molecule has 1 fully saturated rings. The van der Waals surface area contributed by atoms with Gasteiger partial charge in [-0.25, -0.2) is 9.97 Å². The summed E-state index contributed by atoms with van der Waals surface area (Å²) in [6.45, 7) is 3.84. The molecule has 2 heterocycles. The molecule has 0 radical (unpaired) electrons. The third-order valence-corrected chi connectivity index (χ3v) is 5.53. The minimum absolute atomic E-state index is 0.0627. The van der Waals surface area contributed by atoms with Crippen LogP contribution in [-0.2, 0) is 6.42 Å². The smallest absolute Gasteiger partial charge is 0.251 e. The summed E-state index contributed by atoms with van der Waals surface area (Å²) in [5, 5.41) is 12.9. The minimum Gasteiger partial charge on any atom is -0.393 e. The average molecular weight is 376 g/mol. The van der Waals surface area contributed by atoms with Crippen molar-refractivity contribution in [2.24, 2.45) is 5.92 Å². The van der Waals surface area contributed by atoms with E-state index in [1.165, 1.54) is 0 Å². The number of benzene rings is 1. The highest BCUT2D eigenvalue weighted by molar-refractivity contribution is 5.97. The van der Waals surface area contributed by atoms with Gasteiger partial charge in [-0.15, -0.1) is 0 Å². The summed E-state index contributed by atoms with van der Waals surface area (Å²) in [4.78, 5) is 26.4. The zero-order valence-electron chi connectivity index (χ0n) is 16.1. The minimum atomic E-state index is -0.268. The Morgan fingerprint density at radius 3 is 2.57 bits per heavy atom. The van der Waals surface area contributed by atoms with Crippen LogP contribution in [0, 0.1) is 19.8 Å². The number of aliphatic hydroxyl groups is 1. The Bertz CT molecular complexity index is 1000. The number of amides is 1. The van der Waals surface area contributed by atoms with Gasteiger partial charge in [0.25, 0.3) is 5.91 Å². The van der Waals surface area contributed by atoms with Gasteiger partial charge in [0.2, 0.25) is 0 Å². The van der Waals surface area contributed by atoms with Crippen molar-refractivity contribution in [1.82, 2.24) is 20.3 Å². The van der Waals surface area contributed by atoms with Gasteiger partial charge in [0.1, 0.15) is 0 Å². The summed E-state index contributed by atoms with van der Waals surface area (Å²) in [5.74, 6) is 0.121. The average Bonchev–Trinajstić information content (AvgIpc) is 2.66. The van der Waals surface area contributed by atoms with Crippen LogP contribution in [0.5, 0.6) is 0 Å². The third-order valence-electron chi connectivity index (χ3n) is 5.53. The van der Waals surface area contributed by atoms with Gasteiger partial charge < -0.3 is 10.4 Å². The van der Waals surface area contributed by atoms with E-state index in [0.29, 0.717) is 24.8 Å². The van der Waals surface area contributed by atoms with E-state index >= 15 is 0 Å². The first-order valence-electron chi connectivity index (χ1n) is 9.63. The number of pyridine rings is 1. The molecule has 0 aliphatic heterocycles. The maximum absolute atomic E-state index is 12.9. The lowest BCUT2D eigenvalue weighted by Crippen LogP contribution is -2.48. The number of carbonyl (C=O) groups is 1. The lowest BCUT2D eigenvalue weighted by atomic mass is 9.76. The molecule has 0 unspecified atom stereocenters. The largest absolute Gasteiger partial charge is 0.393 e. The fourth-order valence-electron chi connectivity index (χ4n) is 3.66. The fourth-order valence-corrected chi connectivity index (χ4v) is 3.66. The van der Waals surface area contributed by atoms with Crippen molar-refractivity contribution in [1.29, 1.82) is 0 Å². The van der Waals surface area contributed by atoms with Crippen LogP contribution in [0.3, 0.4) is 0 Å². The van der Waals surface area contributed by atoms with Crippen LogP contribution in [0.2, 0.25) is 0 Å². The first-order chi connectivity index (χ1) is 13.5. The molecule has 6 nitrogen and oxygen atoms in total. The lowest BCUT2D eigenvalue weighted by molar-refractivity contribution is 0.0238. The fraction of sp³-hybridized carbons (Fsp3) is 0.364. The molecule has 0 bridgehead atoms. The number of nitrogens with one attached hydrogen (secondary N) is 1. The maximum atomic E-state index is 12.9. The van der Waals surface area contributed by atoms with Gasteiger partial charge in [0.05, 0.1) is 28.5 Å². The van der Waals surface area contributed by atoms with Crippen LogP contribution in [0.1, 0.15) is 40.3 Å². The number of nitrogens with zero attached hydrogens (tertiary/aromatic N) is 3. The highest BCUT2D eigenvalue weighted by Gasteiger charge is 2.35. The first kappa shape index (κ1) is 18.5. The predicted molar refractivity (Wildman–Crippen MR) is 107 cm³/mol. The molecule has 1 amide bonds. The van der Waals surface area contributed by atoms with Gasteiger partial charge in [-0.05, 0) is 62.9 Å². The monoisotopic (exact) mass is 376 g/mol. The SMILES string of the molecule is Cc1nc2ccc(C(=O)N[C@@H](Cc3ccccn3)C3CC(O)C3)cc2nc1C. The van der Waals surface area contributed by atoms with Gasteiger partial charge in [0.15, 0.2) is 0 Å². The number of aryl methyl sites for hydroxylation is 2. The van der Waals surface area contributed by atoms with E-state index in [-0.39, 0.29) is 24.0 Å². The molecule has 28 heavy (non-hydrogen) atoms. The molecule has 0 spiro atoms. The molecule has 1 aromatic carbocycles. The molecule has 2 N–H and O–H groups in total. The second kappa shape index (κ2) is 7.64. The van der Waals surface area contributed by atoms with Gasteiger partial charge in [-0.3, -0.25) is 9.78 Å². The number of aliphatic hydroxyl groups excluding tert-OH is 1. The Hall–Kier alpha value is -2.86. The van der Waals surface area contributed by atoms with Crippen LogP contribution in [0.25, 0.3) is 11.0 Å². The number of aromatic nitrogens is 3. The third kappa shape index (κ3) is 3.87. The highest BCUT2D eigenvalue weighted by atomic mass is 16.3. The molecule has 1 saturated carbocycles. The summed E-state index contributed by atoms with van der Waals surface area (Å²) >= 11 is 0. The predicted octanol–water partition coefficient (Wildman–Crippen LogP) is 2.75. The van der Waals surface area contributed by atoms with Gasteiger partial charge in [-0.2, -0.15) is 0 Å². The Morgan fingerprint density at radius 2 is 1.89 bits per heavy atom. The van der Waals surface area contributed by atoms with E-state index in [2.05, 4.69) is 20.3 Å². The Balaban J connectivity index is 1.55. The van der Waals surface area contributed by atoms with Crippen molar-refractivity contribution < 1.29 is 9.90 Å². The molecule has 1 aliphatic rings. The summed E-state index contributed by atoms with van der Waals surface area (Å²) in [6.07, 6.45) is 3.56. The number of rotatable bonds is 5. The van der Waals surface area contributed by atoms with E-state index in [4.69, 9.17) is 0 Å². The highest BCUT2D eigenvalue weighted by Crippen LogP contribution is 2.31. The molecule has 0 saturated heterocycles. The van der Waals surface area contributed by atoms with Crippen molar-refractivity contribution in [2.45, 2.75) is 45.3 Å². The molecule has 1 aliphatic carbocycles. The normalized spacial score (nSPS) is 19.8. The Morgan fingerprint density at radius 1 is 1.14 bits per heavy atom. The number of carbonyl (C=O) groups excluding carboxylic acids is 1. The summed E-state index contributed by atoms with van der Waals surface area (Å²) in [7, 11) is 0. The van der Waals surface area contributed by atoms with E-state index in [1.807, 2.05) is 38.1 Å². The summed E-state index contributed by atoms with van der Waals surface area (Å²) < 4.78 is 0. The van der Waals surface area contributed by atoms with E-state index in [0.717, 1.165) is 28.1 Å². The zero-order chi connectivity index (χ0) is 19.7. The van der Waals surface area contributed by atoms with Crippen molar-refractivity contribution >= 4 is 16.9 Å². The van der Waals surface area contributed by atoms with Crippen LogP contribution in [0.15, 0.2) is 42.6 Å². The number of hydrogen-bond donors (Lipinski definition) is 2. The molecule has 4 rings (SSSR count). The lowest BCUT2D eigenvalue weighted by Gasteiger charge is -2.38. The molecule has 144 valence electrons. The standard InChI is InChI=1S/C22H24N4O2/c1-13-14(2)25-21-11-15(6-7-19(21)24-13)22(28)26-20(16-9-18(27)10-16)12-17-5-3-4-8-23-17/h3-8,11,16,18,20,27H,9-10,12H2,1-2H3,(H,26,28)/t16?,18?,20-/m0/s1. The van der Waals surface area contributed by atoms with E-state index in [1.54, 1.807) is 18.3 Å². The van der Waals surface area contributed by atoms with E-state index < -0.39 is 0 Å². The number of fused-ring (bicyclic) bond motifs is 1. The van der Waals surface area contributed by atoms with Crippen molar-refractivity contribution in [3.05, 3.63) is 65.2 Å². The maximum Gasteiger partial charge on any atom is 0.251 e. The first-order valence-corrected chi connectivity index (χ1v) is 9.63. The van der Waals surface area contributed by atoms with Crippen LogP contribution in [0.4, 0.5) is 0 Å². The van der Waals surface area contributed by atoms with Crippen molar-refractivity contribution in [3.63, 3.8) is 0 Å². The van der Waals surface area contributed by atoms with Crippen LogP contribution >= 0.6 is 0 Å². The topological polar surface area (TPSA) is 88.0 Å². The summed E-state index contributed by atoms with van der Waals surface area (Å²) in [6, 6.07) is 11.1.